The van der Waals surface area contributed by atoms with Gasteiger partial charge in [0.05, 0.1) is 18.1 Å². The predicted octanol–water partition coefficient (Wildman–Crippen LogP) is 4.89. The first-order chi connectivity index (χ1) is 11.8. The van der Waals surface area contributed by atoms with E-state index in [4.69, 9.17) is 0 Å². The van der Waals surface area contributed by atoms with Gasteiger partial charge in [0, 0.05) is 11.3 Å². The molecule has 0 saturated carbocycles. The molecule has 118 valence electrons. The molecule has 0 spiro atoms. The molecule has 2 nitrogen and oxygen atoms in total. The fourth-order valence-corrected chi connectivity index (χ4v) is 3.14. The molecule has 0 bridgehead atoms. The summed E-state index contributed by atoms with van der Waals surface area (Å²) >= 11 is 0. The van der Waals surface area contributed by atoms with Crippen LogP contribution in [0.4, 0.5) is 5.69 Å². The quantitative estimate of drug-likeness (QED) is 0.741. The van der Waals surface area contributed by atoms with Crippen LogP contribution in [0, 0.1) is 6.92 Å². The van der Waals surface area contributed by atoms with Crippen molar-refractivity contribution in [1.29, 1.82) is 0 Å². The summed E-state index contributed by atoms with van der Waals surface area (Å²) in [5.41, 5.74) is 7.33. The van der Waals surface area contributed by atoms with E-state index >= 15 is 0 Å². The van der Waals surface area contributed by atoms with Crippen LogP contribution in [0.15, 0.2) is 84.9 Å². The predicted molar refractivity (Wildman–Crippen MR) is 101 cm³/mol. The molecule has 1 aliphatic heterocycles. The Bertz CT molecular complexity index is 849. The van der Waals surface area contributed by atoms with Crippen LogP contribution in [-0.2, 0) is 0 Å². The highest BCUT2D eigenvalue weighted by Gasteiger charge is 2.25. The van der Waals surface area contributed by atoms with Crippen LogP contribution in [0.3, 0.4) is 0 Å². The minimum Gasteiger partial charge on any atom is -0.365 e. The molecular formula is C22H20N2. The minimum atomic E-state index is 0.775. The average Bonchev–Trinajstić information content (AvgIpc) is 3.09. The lowest BCUT2D eigenvalue weighted by atomic mass is 10.0. The second-order valence-electron chi connectivity index (χ2n) is 6.05. The van der Waals surface area contributed by atoms with E-state index in [0.29, 0.717) is 0 Å². The number of rotatable bonds is 3. The highest BCUT2D eigenvalue weighted by Crippen LogP contribution is 2.35. The van der Waals surface area contributed by atoms with E-state index in [1.807, 2.05) is 0 Å². The van der Waals surface area contributed by atoms with Gasteiger partial charge in [0.25, 0.3) is 0 Å². The molecule has 1 N–H and O–H groups in total. The number of aryl methyl sites for hydroxylation is 1. The van der Waals surface area contributed by atoms with E-state index < -0.39 is 0 Å². The van der Waals surface area contributed by atoms with Crippen molar-refractivity contribution in [2.24, 2.45) is 0 Å². The molecule has 0 radical (unpaired) electrons. The zero-order chi connectivity index (χ0) is 16.4. The number of nitrogens with one attached hydrogen (secondary N) is 1. The first-order valence-electron chi connectivity index (χ1n) is 8.26. The lowest BCUT2D eigenvalue weighted by Crippen LogP contribution is -2.22. The van der Waals surface area contributed by atoms with E-state index in [-0.39, 0.29) is 0 Å². The van der Waals surface area contributed by atoms with Crippen molar-refractivity contribution in [3.05, 3.63) is 102 Å². The number of anilines is 1. The normalized spacial score (nSPS) is 14.0. The molecule has 1 heterocycles. The van der Waals surface area contributed by atoms with Crippen LogP contribution >= 0.6 is 0 Å². The van der Waals surface area contributed by atoms with Crippen molar-refractivity contribution < 1.29 is 0 Å². The van der Waals surface area contributed by atoms with Crippen LogP contribution in [-0.4, -0.2) is 6.67 Å². The van der Waals surface area contributed by atoms with E-state index in [9.17, 15) is 0 Å². The summed E-state index contributed by atoms with van der Waals surface area (Å²) < 4.78 is 0. The smallest absolute Gasteiger partial charge is 0.0927 e. The van der Waals surface area contributed by atoms with Crippen molar-refractivity contribution >= 4 is 17.1 Å². The van der Waals surface area contributed by atoms with Crippen LogP contribution in [0.2, 0.25) is 0 Å². The molecule has 1 aliphatic rings. The maximum atomic E-state index is 3.59. The van der Waals surface area contributed by atoms with Crippen LogP contribution < -0.4 is 10.2 Å². The van der Waals surface area contributed by atoms with E-state index in [1.54, 1.807) is 0 Å². The SMILES string of the molecule is Cc1ccc(N2CNC(c3ccccc3)=C2c2ccccc2)cc1. The standard InChI is InChI=1S/C22H20N2/c1-17-12-14-20(15-13-17)24-16-23-21(18-8-4-2-5-9-18)22(24)19-10-6-3-7-11-19/h2-15,23H,16H2,1H3. The van der Waals surface area contributed by atoms with Crippen molar-refractivity contribution in [2.75, 3.05) is 11.6 Å². The summed E-state index contributed by atoms with van der Waals surface area (Å²) in [5.74, 6) is 0. The third-order valence-electron chi connectivity index (χ3n) is 4.38. The Balaban J connectivity index is 1.86. The van der Waals surface area contributed by atoms with Crippen molar-refractivity contribution in [2.45, 2.75) is 6.92 Å². The van der Waals surface area contributed by atoms with Crippen molar-refractivity contribution in [3.63, 3.8) is 0 Å². The molecule has 24 heavy (non-hydrogen) atoms. The van der Waals surface area contributed by atoms with E-state index in [1.165, 1.54) is 33.8 Å². The third kappa shape index (κ3) is 2.67. The second kappa shape index (κ2) is 6.25. The lowest BCUT2D eigenvalue weighted by Gasteiger charge is -2.22. The molecule has 3 aromatic carbocycles. The Morgan fingerprint density at radius 1 is 0.708 bits per heavy atom. The molecule has 0 fully saturated rings. The minimum absolute atomic E-state index is 0.775. The molecule has 0 amide bonds. The highest BCUT2D eigenvalue weighted by molar-refractivity contribution is 5.98. The van der Waals surface area contributed by atoms with Gasteiger partial charge in [-0.15, -0.1) is 0 Å². The fourth-order valence-electron chi connectivity index (χ4n) is 3.14. The third-order valence-corrected chi connectivity index (χ3v) is 4.38. The molecule has 0 unspecified atom stereocenters. The Morgan fingerprint density at radius 2 is 1.29 bits per heavy atom. The number of hydrogen-bond donors (Lipinski definition) is 1. The van der Waals surface area contributed by atoms with Crippen molar-refractivity contribution in [3.8, 4) is 0 Å². The molecule has 0 aromatic heterocycles. The summed E-state index contributed by atoms with van der Waals surface area (Å²) in [5, 5.41) is 3.59. The van der Waals surface area contributed by atoms with Crippen LogP contribution in [0.5, 0.6) is 0 Å². The Morgan fingerprint density at radius 3 is 1.92 bits per heavy atom. The first-order valence-corrected chi connectivity index (χ1v) is 8.26. The van der Waals surface area contributed by atoms with Gasteiger partial charge in [0.15, 0.2) is 0 Å². The van der Waals surface area contributed by atoms with Gasteiger partial charge < -0.3 is 10.2 Å². The maximum Gasteiger partial charge on any atom is 0.0927 e. The second-order valence-corrected chi connectivity index (χ2v) is 6.05. The molecule has 0 saturated heterocycles. The zero-order valence-corrected chi connectivity index (χ0v) is 13.7. The largest absolute Gasteiger partial charge is 0.365 e. The Labute approximate surface area is 143 Å². The molecular weight excluding hydrogens is 292 g/mol. The number of nitrogens with zero attached hydrogens (tertiary/aromatic N) is 1. The van der Waals surface area contributed by atoms with Crippen molar-refractivity contribution in [1.82, 2.24) is 5.32 Å². The van der Waals surface area contributed by atoms with Crippen LogP contribution in [0.25, 0.3) is 11.4 Å². The first kappa shape index (κ1) is 14.6. The fraction of sp³-hybridized carbons (Fsp3) is 0.0909. The lowest BCUT2D eigenvalue weighted by molar-refractivity contribution is 0.915. The van der Waals surface area contributed by atoms with Gasteiger partial charge in [-0.05, 0) is 24.6 Å². The van der Waals surface area contributed by atoms with Gasteiger partial charge >= 0.3 is 0 Å². The Kier molecular flexibility index (Phi) is 3.80. The summed E-state index contributed by atoms with van der Waals surface area (Å²) in [6, 6.07) is 29.8. The molecule has 4 rings (SSSR count). The monoisotopic (exact) mass is 312 g/mol. The average molecular weight is 312 g/mol. The van der Waals surface area contributed by atoms with Gasteiger partial charge in [-0.3, -0.25) is 0 Å². The van der Waals surface area contributed by atoms with Gasteiger partial charge in [0.2, 0.25) is 0 Å². The maximum absolute atomic E-state index is 3.59. The molecule has 0 aliphatic carbocycles. The van der Waals surface area contributed by atoms with Crippen LogP contribution in [0.1, 0.15) is 16.7 Å². The van der Waals surface area contributed by atoms with Gasteiger partial charge in [-0.1, -0.05) is 78.4 Å². The molecule has 2 heteroatoms. The molecule has 3 aromatic rings. The van der Waals surface area contributed by atoms with E-state index in [0.717, 1.165) is 6.67 Å². The van der Waals surface area contributed by atoms with Gasteiger partial charge in [-0.2, -0.15) is 0 Å². The Hall–Kier alpha value is -3.00. The van der Waals surface area contributed by atoms with Gasteiger partial charge in [-0.25, -0.2) is 0 Å². The highest BCUT2D eigenvalue weighted by atomic mass is 15.3. The summed E-state index contributed by atoms with van der Waals surface area (Å²) in [6.45, 7) is 2.90. The van der Waals surface area contributed by atoms with Gasteiger partial charge in [0.1, 0.15) is 0 Å². The topological polar surface area (TPSA) is 15.3 Å². The molecule has 0 atom stereocenters. The summed E-state index contributed by atoms with van der Waals surface area (Å²) in [4.78, 5) is 2.34. The summed E-state index contributed by atoms with van der Waals surface area (Å²) in [7, 11) is 0. The number of hydrogen-bond acceptors (Lipinski definition) is 2. The zero-order valence-electron chi connectivity index (χ0n) is 13.7. The van der Waals surface area contributed by atoms with E-state index in [2.05, 4.69) is 102 Å². The summed E-state index contributed by atoms with van der Waals surface area (Å²) in [6.07, 6.45) is 0. The number of benzene rings is 3.